The number of carbonyl (C=O) groups excluding carboxylic acids is 1. The van der Waals surface area contributed by atoms with Crippen molar-refractivity contribution in [2.24, 2.45) is 13.0 Å². The van der Waals surface area contributed by atoms with Crippen LogP contribution in [0.15, 0.2) is 4.79 Å². The molecule has 1 unspecified atom stereocenters. The molecule has 1 heterocycles. The average molecular weight is 281 g/mol. The van der Waals surface area contributed by atoms with Crippen LogP contribution in [0.3, 0.4) is 0 Å². The maximum Gasteiger partial charge on any atom is 0.308 e. The quantitative estimate of drug-likeness (QED) is 0.805. The largest absolute Gasteiger partial charge is 0.481 e. The summed E-state index contributed by atoms with van der Waals surface area (Å²) < 4.78 is 1.10. The number of aliphatic carboxylic acids is 1. The van der Waals surface area contributed by atoms with Crippen LogP contribution in [0.4, 0.5) is 0 Å². The fourth-order valence-corrected chi connectivity index (χ4v) is 1.83. The number of carboxylic acids is 1. The van der Waals surface area contributed by atoms with E-state index in [0.29, 0.717) is 17.7 Å². The van der Waals surface area contributed by atoms with Crippen LogP contribution in [0.1, 0.15) is 35.0 Å². The molecule has 0 saturated heterocycles. The molecule has 0 aromatic carbocycles. The Morgan fingerprint density at radius 2 is 2.00 bits per heavy atom. The van der Waals surface area contributed by atoms with Crippen molar-refractivity contribution in [3.05, 3.63) is 27.2 Å². The molecule has 0 radical (unpaired) electrons. The van der Waals surface area contributed by atoms with Crippen molar-refractivity contribution >= 4 is 11.9 Å². The van der Waals surface area contributed by atoms with Gasteiger partial charge in [-0.3, -0.25) is 14.4 Å². The van der Waals surface area contributed by atoms with Gasteiger partial charge in [-0.25, -0.2) is 4.68 Å². The summed E-state index contributed by atoms with van der Waals surface area (Å²) in [6.07, 6.45) is 0.405. The minimum absolute atomic E-state index is 0.00533. The molecule has 0 aliphatic heterocycles. The molecule has 0 aliphatic carbocycles. The van der Waals surface area contributed by atoms with E-state index in [9.17, 15) is 14.4 Å². The lowest BCUT2D eigenvalue weighted by Gasteiger charge is -2.13. The summed E-state index contributed by atoms with van der Waals surface area (Å²) >= 11 is 0. The van der Waals surface area contributed by atoms with Crippen molar-refractivity contribution in [1.82, 2.24) is 15.1 Å². The number of nitrogens with zero attached hydrogens (tertiary/aromatic N) is 2. The zero-order chi connectivity index (χ0) is 15.4. The molecular formula is C13H19N3O4. The monoisotopic (exact) mass is 281 g/mol. The Morgan fingerprint density at radius 1 is 1.40 bits per heavy atom. The normalized spacial score (nSPS) is 12.0. The van der Waals surface area contributed by atoms with Gasteiger partial charge in [0.25, 0.3) is 11.5 Å². The highest BCUT2D eigenvalue weighted by Gasteiger charge is 2.20. The van der Waals surface area contributed by atoms with E-state index < -0.39 is 23.4 Å². The van der Waals surface area contributed by atoms with Gasteiger partial charge in [0.05, 0.1) is 11.6 Å². The Bertz CT molecular complexity index is 592. The molecule has 7 nitrogen and oxygen atoms in total. The van der Waals surface area contributed by atoms with Gasteiger partial charge in [-0.15, -0.1) is 0 Å². The molecule has 20 heavy (non-hydrogen) atoms. The van der Waals surface area contributed by atoms with Crippen molar-refractivity contribution in [2.45, 2.75) is 27.2 Å². The SMILES string of the molecule is CCC(CNC(=O)c1c(C)c(C)nn(C)c1=O)C(=O)O. The van der Waals surface area contributed by atoms with E-state index in [1.54, 1.807) is 20.8 Å². The number of carbonyl (C=O) groups is 2. The molecule has 1 aromatic rings. The minimum atomic E-state index is -0.969. The molecule has 0 fully saturated rings. The summed E-state index contributed by atoms with van der Waals surface area (Å²) in [6, 6.07) is 0. The average Bonchev–Trinajstić information content (AvgIpc) is 2.37. The lowest BCUT2D eigenvalue weighted by atomic mass is 10.1. The smallest absolute Gasteiger partial charge is 0.308 e. The second-order valence-corrected chi connectivity index (χ2v) is 4.67. The first-order chi connectivity index (χ1) is 9.29. The third-order valence-corrected chi connectivity index (χ3v) is 3.30. The second-order valence-electron chi connectivity index (χ2n) is 4.67. The number of carboxylic acid groups (broad SMARTS) is 1. The molecule has 0 spiro atoms. The van der Waals surface area contributed by atoms with Crippen LogP contribution < -0.4 is 10.9 Å². The Kier molecular flexibility index (Phi) is 5.01. The molecular weight excluding hydrogens is 262 g/mol. The van der Waals surface area contributed by atoms with Crippen LogP contribution in [0, 0.1) is 19.8 Å². The predicted octanol–water partition coefficient (Wildman–Crippen LogP) is 0.238. The Morgan fingerprint density at radius 3 is 2.50 bits per heavy atom. The van der Waals surface area contributed by atoms with Crippen molar-refractivity contribution in [3.63, 3.8) is 0 Å². The van der Waals surface area contributed by atoms with E-state index in [2.05, 4.69) is 10.4 Å². The number of hydrogen-bond donors (Lipinski definition) is 2. The molecule has 1 rings (SSSR count). The van der Waals surface area contributed by atoms with Crippen LogP contribution in [0.2, 0.25) is 0 Å². The number of nitrogens with one attached hydrogen (secondary N) is 1. The molecule has 0 bridgehead atoms. The van der Waals surface area contributed by atoms with Crippen molar-refractivity contribution in [1.29, 1.82) is 0 Å². The molecule has 1 amide bonds. The molecule has 0 saturated carbocycles. The van der Waals surface area contributed by atoms with Gasteiger partial charge in [-0.2, -0.15) is 5.10 Å². The maximum absolute atomic E-state index is 12.1. The van der Waals surface area contributed by atoms with Gasteiger partial charge in [-0.05, 0) is 25.8 Å². The van der Waals surface area contributed by atoms with Crippen LogP contribution in [0.5, 0.6) is 0 Å². The van der Waals surface area contributed by atoms with E-state index in [4.69, 9.17) is 5.11 Å². The number of amides is 1. The van der Waals surface area contributed by atoms with Gasteiger partial charge in [-0.1, -0.05) is 6.92 Å². The van der Waals surface area contributed by atoms with Gasteiger partial charge >= 0.3 is 5.97 Å². The van der Waals surface area contributed by atoms with Gasteiger partial charge in [0.15, 0.2) is 0 Å². The predicted molar refractivity (Wildman–Crippen MR) is 72.7 cm³/mol. The first kappa shape index (κ1) is 15.9. The summed E-state index contributed by atoms with van der Waals surface area (Å²) in [7, 11) is 1.47. The molecule has 110 valence electrons. The standard InChI is InChI=1S/C13H19N3O4/c1-5-9(13(19)20)6-14-11(17)10-7(2)8(3)15-16(4)12(10)18/h9H,5-6H2,1-4H3,(H,14,17)(H,19,20). The first-order valence-corrected chi connectivity index (χ1v) is 6.35. The van der Waals surface area contributed by atoms with Crippen molar-refractivity contribution < 1.29 is 14.7 Å². The summed E-state index contributed by atoms with van der Waals surface area (Å²) in [5.41, 5.74) is 0.616. The molecule has 0 aliphatic rings. The van der Waals surface area contributed by atoms with Crippen molar-refractivity contribution in [3.8, 4) is 0 Å². The van der Waals surface area contributed by atoms with Crippen LogP contribution in [0.25, 0.3) is 0 Å². The summed E-state index contributed by atoms with van der Waals surface area (Å²) in [5.74, 6) is -2.19. The fraction of sp³-hybridized carbons (Fsp3) is 0.538. The van der Waals surface area contributed by atoms with Crippen molar-refractivity contribution in [2.75, 3.05) is 6.54 Å². The lowest BCUT2D eigenvalue weighted by Crippen LogP contribution is -2.38. The van der Waals surface area contributed by atoms with Gasteiger partial charge in [0.1, 0.15) is 5.56 Å². The number of aryl methyl sites for hydroxylation is 2. The third-order valence-electron chi connectivity index (χ3n) is 3.30. The first-order valence-electron chi connectivity index (χ1n) is 6.35. The summed E-state index contributed by atoms with van der Waals surface area (Å²) in [4.78, 5) is 34.9. The van der Waals surface area contributed by atoms with Crippen LogP contribution in [-0.4, -0.2) is 33.3 Å². The van der Waals surface area contributed by atoms with Crippen LogP contribution in [-0.2, 0) is 11.8 Å². The van der Waals surface area contributed by atoms with E-state index in [1.807, 2.05) is 0 Å². The van der Waals surface area contributed by atoms with E-state index >= 15 is 0 Å². The Balaban J connectivity index is 3.00. The minimum Gasteiger partial charge on any atom is -0.481 e. The zero-order valence-corrected chi connectivity index (χ0v) is 12.1. The number of aromatic nitrogens is 2. The molecule has 7 heteroatoms. The van der Waals surface area contributed by atoms with Crippen LogP contribution >= 0.6 is 0 Å². The van der Waals surface area contributed by atoms with E-state index in [1.165, 1.54) is 7.05 Å². The Hall–Kier alpha value is -2.18. The molecule has 1 atom stereocenters. The highest BCUT2D eigenvalue weighted by Crippen LogP contribution is 2.07. The maximum atomic E-state index is 12.1. The van der Waals surface area contributed by atoms with E-state index in [0.717, 1.165) is 4.68 Å². The highest BCUT2D eigenvalue weighted by atomic mass is 16.4. The summed E-state index contributed by atoms with van der Waals surface area (Å²) in [6.45, 7) is 5.07. The highest BCUT2D eigenvalue weighted by molar-refractivity contribution is 5.95. The number of hydrogen-bond acceptors (Lipinski definition) is 4. The van der Waals surface area contributed by atoms with Gasteiger partial charge in [0, 0.05) is 13.6 Å². The zero-order valence-electron chi connectivity index (χ0n) is 12.1. The third kappa shape index (κ3) is 3.23. The summed E-state index contributed by atoms with van der Waals surface area (Å²) in [5, 5.41) is 15.4. The second kappa shape index (κ2) is 6.31. The van der Waals surface area contributed by atoms with Gasteiger partial charge in [0.2, 0.25) is 0 Å². The lowest BCUT2D eigenvalue weighted by molar-refractivity contribution is -0.141. The molecule has 1 aromatic heterocycles. The van der Waals surface area contributed by atoms with E-state index in [-0.39, 0.29) is 12.1 Å². The van der Waals surface area contributed by atoms with Gasteiger partial charge < -0.3 is 10.4 Å². The Labute approximate surface area is 116 Å². The molecule has 2 N–H and O–H groups in total. The number of rotatable bonds is 5. The topological polar surface area (TPSA) is 101 Å². The fourth-order valence-electron chi connectivity index (χ4n) is 1.83.